The second-order valence-electron chi connectivity index (χ2n) is 6.70. The summed E-state index contributed by atoms with van der Waals surface area (Å²) in [5, 5.41) is 7.45. The first-order valence-electron chi connectivity index (χ1n) is 8.58. The molecule has 8 heteroatoms. The second-order valence-corrected chi connectivity index (χ2v) is 6.70. The van der Waals surface area contributed by atoms with E-state index in [-0.39, 0.29) is 11.8 Å². The van der Waals surface area contributed by atoms with E-state index in [0.717, 1.165) is 37.3 Å². The highest BCUT2D eigenvalue weighted by Crippen LogP contribution is 2.23. The second kappa shape index (κ2) is 7.60. The number of rotatable bonds is 6. The first-order valence-corrected chi connectivity index (χ1v) is 8.58. The fourth-order valence-corrected chi connectivity index (χ4v) is 2.89. The van der Waals surface area contributed by atoms with Crippen LogP contribution in [0.25, 0.3) is 11.5 Å². The van der Waals surface area contributed by atoms with Crippen LogP contribution in [0.1, 0.15) is 38.4 Å². The zero-order valence-electron chi connectivity index (χ0n) is 14.6. The van der Waals surface area contributed by atoms with E-state index in [4.69, 9.17) is 10.3 Å². The van der Waals surface area contributed by atoms with E-state index >= 15 is 0 Å². The van der Waals surface area contributed by atoms with Gasteiger partial charge in [0, 0.05) is 36.8 Å². The standard InChI is InChI=1S/C17H24N6O2/c1-11(2)16-21-17(25-22-16)12-3-6-19-15(9-12)20-13-4-7-23(8-5-13)10-14(18)24/h3,6,9,11,13H,4-5,7-8,10H2,1-2H3,(H2,18,24)(H,19,20). The summed E-state index contributed by atoms with van der Waals surface area (Å²) >= 11 is 0. The number of nitrogens with one attached hydrogen (secondary N) is 1. The fourth-order valence-electron chi connectivity index (χ4n) is 2.89. The van der Waals surface area contributed by atoms with Crippen LogP contribution in [-0.4, -0.2) is 51.6 Å². The molecule has 2 aromatic heterocycles. The average molecular weight is 344 g/mol. The minimum absolute atomic E-state index is 0.225. The van der Waals surface area contributed by atoms with Gasteiger partial charge < -0.3 is 15.6 Å². The molecule has 1 saturated heterocycles. The van der Waals surface area contributed by atoms with Crippen molar-refractivity contribution in [3.63, 3.8) is 0 Å². The van der Waals surface area contributed by atoms with Gasteiger partial charge in [-0.25, -0.2) is 4.98 Å². The molecule has 8 nitrogen and oxygen atoms in total. The fraction of sp³-hybridized carbons (Fsp3) is 0.529. The van der Waals surface area contributed by atoms with Gasteiger partial charge in [-0.3, -0.25) is 9.69 Å². The molecule has 0 aromatic carbocycles. The Bertz CT molecular complexity index is 721. The molecule has 134 valence electrons. The van der Waals surface area contributed by atoms with Crippen LogP contribution in [0.3, 0.4) is 0 Å². The Balaban J connectivity index is 1.61. The van der Waals surface area contributed by atoms with Crippen LogP contribution in [0.5, 0.6) is 0 Å². The van der Waals surface area contributed by atoms with Crippen molar-refractivity contribution in [3.05, 3.63) is 24.2 Å². The highest BCUT2D eigenvalue weighted by Gasteiger charge is 2.20. The van der Waals surface area contributed by atoms with E-state index in [1.54, 1.807) is 6.20 Å². The van der Waals surface area contributed by atoms with Gasteiger partial charge in [0.1, 0.15) is 5.82 Å². The van der Waals surface area contributed by atoms with E-state index in [2.05, 4.69) is 25.3 Å². The molecule has 0 radical (unpaired) electrons. The minimum atomic E-state index is -0.277. The number of aromatic nitrogens is 3. The van der Waals surface area contributed by atoms with Crippen LogP contribution in [0.15, 0.2) is 22.9 Å². The number of hydrogen-bond acceptors (Lipinski definition) is 7. The minimum Gasteiger partial charge on any atom is -0.369 e. The number of pyridine rings is 1. The Labute approximate surface area is 146 Å². The molecule has 0 spiro atoms. The molecule has 1 aliphatic rings. The Morgan fingerprint density at radius 1 is 1.44 bits per heavy atom. The summed E-state index contributed by atoms with van der Waals surface area (Å²) in [5.41, 5.74) is 6.10. The van der Waals surface area contributed by atoms with Crippen molar-refractivity contribution in [3.8, 4) is 11.5 Å². The molecule has 0 bridgehead atoms. The Morgan fingerprint density at radius 3 is 2.84 bits per heavy atom. The van der Waals surface area contributed by atoms with Crippen molar-refractivity contribution in [1.82, 2.24) is 20.0 Å². The van der Waals surface area contributed by atoms with Gasteiger partial charge in [-0.05, 0) is 25.0 Å². The number of anilines is 1. The molecule has 1 aliphatic heterocycles. The summed E-state index contributed by atoms with van der Waals surface area (Å²) in [6.07, 6.45) is 3.62. The molecule has 25 heavy (non-hydrogen) atoms. The normalized spacial score (nSPS) is 16.3. The number of amides is 1. The molecule has 2 aromatic rings. The Morgan fingerprint density at radius 2 is 2.20 bits per heavy atom. The summed E-state index contributed by atoms with van der Waals surface area (Å²) in [4.78, 5) is 21.9. The quantitative estimate of drug-likeness (QED) is 0.819. The number of hydrogen-bond donors (Lipinski definition) is 2. The maximum absolute atomic E-state index is 11.0. The average Bonchev–Trinajstić information content (AvgIpc) is 3.07. The van der Waals surface area contributed by atoms with Crippen molar-refractivity contribution < 1.29 is 9.32 Å². The Kier molecular flexibility index (Phi) is 5.28. The largest absolute Gasteiger partial charge is 0.369 e. The van der Waals surface area contributed by atoms with Gasteiger partial charge >= 0.3 is 0 Å². The number of primary amides is 1. The topological polar surface area (TPSA) is 110 Å². The molecule has 3 heterocycles. The van der Waals surface area contributed by atoms with Crippen molar-refractivity contribution in [2.24, 2.45) is 5.73 Å². The molecule has 0 unspecified atom stereocenters. The van der Waals surface area contributed by atoms with Crippen LogP contribution in [0, 0.1) is 0 Å². The van der Waals surface area contributed by atoms with Crippen molar-refractivity contribution in [1.29, 1.82) is 0 Å². The molecule has 1 fully saturated rings. The van der Waals surface area contributed by atoms with Gasteiger partial charge in [0.25, 0.3) is 5.89 Å². The van der Waals surface area contributed by atoms with Gasteiger partial charge in [0.15, 0.2) is 5.82 Å². The molecule has 3 rings (SSSR count). The van der Waals surface area contributed by atoms with Gasteiger partial charge in [0.05, 0.1) is 6.54 Å². The van der Waals surface area contributed by atoms with Crippen LogP contribution in [0.2, 0.25) is 0 Å². The van der Waals surface area contributed by atoms with Crippen LogP contribution >= 0.6 is 0 Å². The summed E-state index contributed by atoms with van der Waals surface area (Å²) in [6, 6.07) is 4.10. The maximum atomic E-state index is 11.0. The van der Waals surface area contributed by atoms with E-state index in [1.807, 2.05) is 26.0 Å². The van der Waals surface area contributed by atoms with Crippen LogP contribution < -0.4 is 11.1 Å². The zero-order chi connectivity index (χ0) is 17.8. The smallest absolute Gasteiger partial charge is 0.258 e. The number of likely N-dealkylation sites (tertiary alicyclic amines) is 1. The number of nitrogens with two attached hydrogens (primary N) is 1. The molecule has 0 saturated carbocycles. The van der Waals surface area contributed by atoms with Gasteiger partial charge in [-0.2, -0.15) is 4.98 Å². The van der Waals surface area contributed by atoms with E-state index in [9.17, 15) is 4.79 Å². The lowest BCUT2D eigenvalue weighted by atomic mass is 10.0. The summed E-state index contributed by atoms with van der Waals surface area (Å²) in [7, 11) is 0. The number of nitrogens with zero attached hydrogens (tertiary/aromatic N) is 4. The maximum Gasteiger partial charge on any atom is 0.258 e. The third-order valence-corrected chi connectivity index (χ3v) is 4.28. The third-order valence-electron chi connectivity index (χ3n) is 4.28. The van der Waals surface area contributed by atoms with E-state index in [1.165, 1.54) is 0 Å². The first-order chi connectivity index (χ1) is 12.0. The highest BCUT2D eigenvalue weighted by atomic mass is 16.5. The molecular formula is C17H24N6O2. The molecule has 3 N–H and O–H groups in total. The van der Waals surface area contributed by atoms with Gasteiger partial charge in [-0.1, -0.05) is 19.0 Å². The summed E-state index contributed by atoms with van der Waals surface area (Å²) in [5.74, 6) is 1.94. The monoisotopic (exact) mass is 344 g/mol. The number of piperidine rings is 1. The summed E-state index contributed by atoms with van der Waals surface area (Å²) < 4.78 is 5.34. The van der Waals surface area contributed by atoms with Crippen molar-refractivity contribution in [2.45, 2.75) is 38.6 Å². The lowest BCUT2D eigenvalue weighted by Crippen LogP contribution is -2.43. The SMILES string of the molecule is CC(C)c1noc(-c2ccnc(NC3CCN(CC(N)=O)CC3)c2)n1. The number of carbonyl (C=O) groups excluding carboxylic acids is 1. The molecule has 0 aliphatic carbocycles. The lowest BCUT2D eigenvalue weighted by molar-refractivity contribution is -0.119. The van der Waals surface area contributed by atoms with Gasteiger partial charge in [-0.15, -0.1) is 0 Å². The number of carbonyl (C=O) groups is 1. The Hall–Kier alpha value is -2.48. The molecule has 0 atom stereocenters. The van der Waals surface area contributed by atoms with Crippen molar-refractivity contribution >= 4 is 11.7 Å². The van der Waals surface area contributed by atoms with E-state index in [0.29, 0.717) is 24.3 Å². The molecule has 1 amide bonds. The highest BCUT2D eigenvalue weighted by molar-refractivity contribution is 5.75. The predicted octanol–water partition coefficient (Wildman–Crippen LogP) is 1.62. The zero-order valence-corrected chi connectivity index (χ0v) is 14.6. The van der Waals surface area contributed by atoms with Crippen LogP contribution in [0.4, 0.5) is 5.82 Å². The lowest BCUT2D eigenvalue weighted by Gasteiger charge is -2.31. The van der Waals surface area contributed by atoms with Crippen LogP contribution in [-0.2, 0) is 4.79 Å². The van der Waals surface area contributed by atoms with Crippen molar-refractivity contribution in [2.75, 3.05) is 25.0 Å². The first kappa shape index (κ1) is 17.3. The predicted molar refractivity (Wildman–Crippen MR) is 93.9 cm³/mol. The van der Waals surface area contributed by atoms with E-state index < -0.39 is 0 Å². The van der Waals surface area contributed by atoms with Gasteiger partial charge in [0.2, 0.25) is 5.91 Å². The molecular weight excluding hydrogens is 320 g/mol. The third kappa shape index (κ3) is 4.54. The summed E-state index contributed by atoms with van der Waals surface area (Å²) in [6.45, 7) is 6.08.